The number of hydroxylamine groups is 1. The number of amides is 3. The largest absolute Gasteiger partial charge is 0.444 e. The maximum absolute atomic E-state index is 12.9. The number of likely N-dealkylation sites (tertiary alicyclic amines) is 1. The third-order valence-corrected chi connectivity index (χ3v) is 9.34. The summed E-state index contributed by atoms with van der Waals surface area (Å²) >= 11 is 0. The third-order valence-electron chi connectivity index (χ3n) is 7.32. The molecule has 0 spiro atoms. The number of aliphatic hydroxyl groups is 1. The summed E-state index contributed by atoms with van der Waals surface area (Å²) in [7, 11) is -3.87. The second-order valence-corrected chi connectivity index (χ2v) is 14.1. The zero-order valence-corrected chi connectivity index (χ0v) is 24.4. The van der Waals surface area contributed by atoms with Crippen molar-refractivity contribution in [3.05, 3.63) is 58.9 Å². The van der Waals surface area contributed by atoms with Crippen molar-refractivity contribution in [3.63, 3.8) is 0 Å². The molecule has 41 heavy (non-hydrogen) atoms. The monoisotopic (exact) mass is 586 g/mol. The number of hydrogen-bond donors (Lipinski definition) is 3. The molecule has 0 saturated carbocycles. The van der Waals surface area contributed by atoms with Crippen molar-refractivity contribution < 1.29 is 37.9 Å². The van der Waals surface area contributed by atoms with Crippen LogP contribution in [0.5, 0.6) is 0 Å². The smallest absolute Gasteiger partial charge is 0.410 e. The Morgan fingerprint density at radius 2 is 1.71 bits per heavy atom. The molecule has 1 aromatic carbocycles. The summed E-state index contributed by atoms with van der Waals surface area (Å²) in [6, 6.07) is 8.46. The predicted octanol–water partition coefficient (Wildman–Crippen LogP) is 1.81. The number of nitrogens with one attached hydrogen (secondary N) is 1. The van der Waals surface area contributed by atoms with Crippen LogP contribution in [0.2, 0.25) is 0 Å². The first kappa shape index (κ1) is 30.1. The van der Waals surface area contributed by atoms with Gasteiger partial charge in [0.15, 0.2) is 14.6 Å². The van der Waals surface area contributed by atoms with Crippen LogP contribution in [0.15, 0.2) is 36.5 Å². The van der Waals surface area contributed by atoms with E-state index >= 15 is 0 Å². The standard InChI is InChI=1S/C28H34N4O8S/c1-26(2,3)40-25(35)31-17-28(36,18-31)21-10-8-19(9-11-21)6-7-20-14-22-16-30(24(34)32(22)15-20)13-12-27(4,23(33)29-37)41(5,38)39/h8-11,14-15,36-37H,12-13,16-18H2,1-5H3,(H,29,33)/t27-/m1/s1. The highest BCUT2D eigenvalue weighted by molar-refractivity contribution is 7.92. The highest BCUT2D eigenvalue weighted by Crippen LogP contribution is 2.33. The van der Waals surface area contributed by atoms with Crippen LogP contribution in [0.4, 0.5) is 9.59 Å². The highest BCUT2D eigenvalue weighted by Gasteiger charge is 2.46. The Balaban J connectivity index is 1.36. The number of sulfone groups is 1. The van der Waals surface area contributed by atoms with Crippen LogP contribution >= 0.6 is 0 Å². The number of rotatable bonds is 6. The second-order valence-electron chi connectivity index (χ2n) is 11.7. The predicted molar refractivity (Wildman–Crippen MR) is 148 cm³/mol. The van der Waals surface area contributed by atoms with Crippen LogP contribution < -0.4 is 5.48 Å². The molecule has 0 aliphatic carbocycles. The molecule has 3 heterocycles. The number of carbonyl (C=O) groups excluding carboxylic acids is 3. The van der Waals surface area contributed by atoms with Gasteiger partial charge in [0.05, 0.1) is 19.6 Å². The fourth-order valence-electron chi connectivity index (χ4n) is 4.63. The van der Waals surface area contributed by atoms with E-state index in [-0.39, 0.29) is 38.6 Å². The molecule has 12 nitrogen and oxygen atoms in total. The highest BCUT2D eigenvalue weighted by atomic mass is 32.2. The number of fused-ring (bicyclic) bond motifs is 1. The van der Waals surface area contributed by atoms with E-state index in [1.165, 1.54) is 26.8 Å². The normalized spacial score (nSPS) is 17.6. The number of aromatic nitrogens is 1. The van der Waals surface area contributed by atoms with Gasteiger partial charge < -0.3 is 19.6 Å². The third kappa shape index (κ3) is 6.09. The number of hydrogen-bond acceptors (Lipinski definition) is 8. The van der Waals surface area contributed by atoms with E-state index in [0.717, 1.165) is 6.26 Å². The van der Waals surface area contributed by atoms with E-state index < -0.39 is 37.8 Å². The molecule has 1 fully saturated rings. The second kappa shape index (κ2) is 10.5. The van der Waals surface area contributed by atoms with Gasteiger partial charge in [-0.25, -0.2) is 23.5 Å². The van der Waals surface area contributed by atoms with E-state index in [9.17, 15) is 27.9 Å². The Morgan fingerprint density at radius 1 is 1.10 bits per heavy atom. The lowest BCUT2D eigenvalue weighted by atomic mass is 9.86. The summed E-state index contributed by atoms with van der Waals surface area (Å²) in [4.78, 5) is 40.0. The minimum atomic E-state index is -3.87. The molecule has 220 valence electrons. The van der Waals surface area contributed by atoms with Crippen LogP contribution in [0.25, 0.3) is 0 Å². The maximum Gasteiger partial charge on any atom is 0.410 e. The van der Waals surface area contributed by atoms with Gasteiger partial charge in [-0.2, -0.15) is 0 Å². The Hall–Kier alpha value is -3.86. The molecule has 2 aliphatic heterocycles. The summed E-state index contributed by atoms with van der Waals surface area (Å²) in [5, 5.41) is 19.9. The first-order valence-corrected chi connectivity index (χ1v) is 14.8. The van der Waals surface area contributed by atoms with Gasteiger partial charge in [-0.05, 0) is 57.9 Å². The van der Waals surface area contributed by atoms with Crippen LogP contribution in [0.3, 0.4) is 0 Å². The van der Waals surface area contributed by atoms with Crippen LogP contribution in [-0.4, -0.2) is 87.4 Å². The van der Waals surface area contributed by atoms with E-state index in [1.54, 1.807) is 57.3 Å². The fraction of sp³-hybridized carbons (Fsp3) is 0.464. The summed E-state index contributed by atoms with van der Waals surface area (Å²) in [5.74, 6) is 5.00. The molecular formula is C28H34N4O8S. The molecular weight excluding hydrogens is 552 g/mol. The van der Waals surface area contributed by atoms with Crippen molar-refractivity contribution in [2.45, 2.75) is 56.6 Å². The van der Waals surface area contributed by atoms with Crippen molar-refractivity contribution in [1.82, 2.24) is 19.8 Å². The summed E-state index contributed by atoms with van der Waals surface area (Å²) in [6.45, 7) is 7.04. The van der Waals surface area contributed by atoms with Gasteiger partial charge in [-0.3, -0.25) is 14.6 Å². The zero-order chi connectivity index (χ0) is 30.4. The molecule has 13 heteroatoms. The van der Waals surface area contributed by atoms with Gasteiger partial charge in [0, 0.05) is 35.8 Å². The first-order chi connectivity index (χ1) is 19.0. The van der Waals surface area contributed by atoms with Gasteiger partial charge >= 0.3 is 12.1 Å². The van der Waals surface area contributed by atoms with E-state index in [2.05, 4.69) is 11.8 Å². The summed E-state index contributed by atoms with van der Waals surface area (Å²) in [6.07, 6.45) is 1.85. The summed E-state index contributed by atoms with van der Waals surface area (Å²) in [5.41, 5.74) is 2.28. The Morgan fingerprint density at radius 3 is 2.24 bits per heavy atom. The van der Waals surface area contributed by atoms with Crippen molar-refractivity contribution in [2.24, 2.45) is 0 Å². The average Bonchev–Trinajstić information content (AvgIpc) is 3.40. The van der Waals surface area contributed by atoms with Crippen molar-refractivity contribution >= 4 is 27.9 Å². The number of ether oxygens (including phenoxy) is 1. The number of β-amino-alcohol motifs (C(OH)–C–C–N with tert-alkyl or cyclic N) is 1. The Kier molecular flexibility index (Phi) is 7.72. The van der Waals surface area contributed by atoms with Gasteiger partial charge in [-0.1, -0.05) is 24.0 Å². The lowest BCUT2D eigenvalue weighted by Crippen LogP contribution is -2.61. The average molecular weight is 587 g/mol. The van der Waals surface area contributed by atoms with E-state index in [4.69, 9.17) is 9.94 Å². The lowest BCUT2D eigenvalue weighted by Gasteiger charge is -2.46. The van der Waals surface area contributed by atoms with Gasteiger partial charge in [-0.15, -0.1) is 0 Å². The Labute approximate surface area is 238 Å². The first-order valence-electron chi connectivity index (χ1n) is 12.9. The Bertz CT molecular complexity index is 1540. The summed E-state index contributed by atoms with van der Waals surface area (Å²) < 4.78 is 29.2. The van der Waals surface area contributed by atoms with Crippen LogP contribution in [0, 0.1) is 11.8 Å². The maximum atomic E-state index is 12.9. The lowest BCUT2D eigenvalue weighted by molar-refractivity contribution is -0.131. The molecule has 0 unspecified atom stereocenters. The van der Waals surface area contributed by atoms with E-state index in [0.29, 0.717) is 22.4 Å². The SMILES string of the molecule is CC(C)(C)OC(=O)N1CC(O)(c2ccc(C#Cc3cc4n(c3)C(=O)N(CC[C@](C)(C(=O)NO)S(C)(=O)=O)C4)cc2)C1. The van der Waals surface area contributed by atoms with Crippen molar-refractivity contribution in [1.29, 1.82) is 0 Å². The number of nitrogens with zero attached hydrogens (tertiary/aromatic N) is 3. The minimum Gasteiger partial charge on any atom is -0.444 e. The molecule has 1 atom stereocenters. The number of benzene rings is 1. The molecule has 2 aliphatic rings. The molecule has 1 aromatic heterocycles. The minimum absolute atomic E-state index is 0.00720. The molecule has 4 rings (SSSR count). The fourth-order valence-corrected chi connectivity index (χ4v) is 5.48. The molecule has 0 bridgehead atoms. The van der Waals surface area contributed by atoms with Gasteiger partial charge in [0.25, 0.3) is 5.91 Å². The molecule has 1 saturated heterocycles. The molecule has 3 amide bonds. The van der Waals surface area contributed by atoms with Crippen molar-refractivity contribution in [3.8, 4) is 11.8 Å². The van der Waals surface area contributed by atoms with Crippen LogP contribution in [-0.2, 0) is 31.5 Å². The van der Waals surface area contributed by atoms with Gasteiger partial charge in [0.2, 0.25) is 0 Å². The van der Waals surface area contributed by atoms with Crippen LogP contribution in [0.1, 0.15) is 56.5 Å². The van der Waals surface area contributed by atoms with Gasteiger partial charge in [0.1, 0.15) is 11.2 Å². The zero-order valence-electron chi connectivity index (χ0n) is 23.6. The molecule has 3 N–H and O–H groups in total. The topological polar surface area (TPSA) is 158 Å². The van der Waals surface area contributed by atoms with Crippen molar-refractivity contribution in [2.75, 3.05) is 25.9 Å². The molecule has 0 radical (unpaired) electrons. The quantitative estimate of drug-likeness (QED) is 0.263. The molecule has 2 aromatic rings. The van der Waals surface area contributed by atoms with E-state index in [1.807, 2.05) is 0 Å². The number of carbonyl (C=O) groups is 3.